The third-order valence-electron chi connectivity index (χ3n) is 3.57. The van der Waals surface area contributed by atoms with Crippen molar-refractivity contribution in [1.29, 1.82) is 0 Å². The van der Waals surface area contributed by atoms with Gasteiger partial charge in [0.25, 0.3) is 5.91 Å². The smallest absolute Gasteiger partial charge is 0.342 e. The molecule has 10 nitrogen and oxygen atoms in total. The number of nitrogens with one attached hydrogen (secondary N) is 2. The van der Waals surface area contributed by atoms with E-state index < -0.39 is 18.0 Å². The molecule has 0 aliphatic heterocycles. The molecular formula is C14H15N7O3. The Morgan fingerprint density at radius 3 is 2.83 bits per heavy atom. The Hall–Kier alpha value is -3.30. The molecule has 10 heteroatoms. The van der Waals surface area contributed by atoms with Gasteiger partial charge in [-0.15, -0.1) is 0 Å². The molecule has 3 rings (SSSR count). The number of nitrogens with zero attached hydrogens (tertiary/aromatic N) is 5. The van der Waals surface area contributed by atoms with Crippen LogP contribution in [0.2, 0.25) is 0 Å². The zero-order chi connectivity index (χ0) is 17.3. The zero-order valence-electron chi connectivity index (χ0n) is 13.3. The van der Waals surface area contributed by atoms with Crippen LogP contribution in [0.1, 0.15) is 23.0 Å². The molecule has 0 aliphatic rings. The van der Waals surface area contributed by atoms with Gasteiger partial charge in [-0.05, 0) is 13.8 Å². The summed E-state index contributed by atoms with van der Waals surface area (Å²) in [5.74, 6) is -0.861. The van der Waals surface area contributed by atoms with E-state index in [0.717, 1.165) is 0 Å². The Morgan fingerprint density at radius 2 is 2.12 bits per heavy atom. The van der Waals surface area contributed by atoms with E-state index in [9.17, 15) is 9.59 Å². The van der Waals surface area contributed by atoms with E-state index >= 15 is 0 Å². The van der Waals surface area contributed by atoms with Crippen molar-refractivity contribution in [3.63, 3.8) is 0 Å². The lowest BCUT2D eigenvalue weighted by molar-refractivity contribution is -0.123. The SMILES string of the molecule is Cc1c(C(=O)O[C@@H](C)C(=O)Nc2ncnc3nc[nH]c23)cnn1C. The van der Waals surface area contributed by atoms with Gasteiger partial charge in [0.15, 0.2) is 17.6 Å². The lowest BCUT2D eigenvalue weighted by atomic mass is 10.2. The largest absolute Gasteiger partial charge is 0.449 e. The molecule has 1 amide bonds. The first kappa shape index (κ1) is 15.6. The topological polar surface area (TPSA) is 128 Å². The number of H-pyrrole nitrogens is 1. The number of aromatic amines is 1. The number of carbonyl (C=O) groups excluding carboxylic acids is 2. The molecule has 1 atom stereocenters. The van der Waals surface area contributed by atoms with Crippen LogP contribution in [0, 0.1) is 6.92 Å². The third kappa shape index (κ3) is 2.81. The second kappa shape index (κ2) is 6.07. The molecule has 0 aliphatic carbocycles. The highest BCUT2D eigenvalue weighted by atomic mass is 16.5. The van der Waals surface area contributed by atoms with E-state index in [2.05, 4.69) is 30.4 Å². The van der Waals surface area contributed by atoms with E-state index in [4.69, 9.17) is 4.74 Å². The minimum absolute atomic E-state index is 0.267. The molecule has 0 saturated heterocycles. The quantitative estimate of drug-likeness (QED) is 0.670. The van der Waals surface area contributed by atoms with Gasteiger partial charge in [-0.2, -0.15) is 5.10 Å². The predicted octanol–water partition coefficient (Wildman–Crippen LogP) is 0.579. The van der Waals surface area contributed by atoms with Gasteiger partial charge in [-0.25, -0.2) is 19.7 Å². The number of imidazole rings is 1. The van der Waals surface area contributed by atoms with Gasteiger partial charge in [0.1, 0.15) is 17.4 Å². The Morgan fingerprint density at radius 1 is 1.33 bits per heavy atom. The number of rotatable bonds is 4. The summed E-state index contributed by atoms with van der Waals surface area (Å²) in [6.45, 7) is 3.22. The second-order valence-corrected chi connectivity index (χ2v) is 5.13. The van der Waals surface area contributed by atoms with Crippen molar-refractivity contribution in [2.45, 2.75) is 20.0 Å². The zero-order valence-corrected chi connectivity index (χ0v) is 13.3. The van der Waals surface area contributed by atoms with Crippen LogP contribution >= 0.6 is 0 Å². The van der Waals surface area contributed by atoms with Crippen molar-refractivity contribution in [3.8, 4) is 0 Å². The summed E-state index contributed by atoms with van der Waals surface area (Å²) in [6, 6.07) is 0. The fourth-order valence-corrected chi connectivity index (χ4v) is 2.05. The first-order valence-corrected chi connectivity index (χ1v) is 7.12. The summed E-state index contributed by atoms with van der Waals surface area (Å²) >= 11 is 0. The van der Waals surface area contributed by atoms with Gasteiger partial charge in [0.2, 0.25) is 0 Å². The maximum atomic E-state index is 12.2. The van der Waals surface area contributed by atoms with Gasteiger partial charge in [0.05, 0.1) is 12.5 Å². The van der Waals surface area contributed by atoms with Gasteiger partial charge in [-0.1, -0.05) is 0 Å². The second-order valence-electron chi connectivity index (χ2n) is 5.13. The molecule has 0 radical (unpaired) electrons. The molecule has 3 aromatic heterocycles. The molecule has 0 aromatic carbocycles. The van der Waals surface area contributed by atoms with Crippen LogP contribution < -0.4 is 5.32 Å². The fourth-order valence-electron chi connectivity index (χ4n) is 2.05. The van der Waals surface area contributed by atoms with Gasteiger partial charge < -0.3 is 15.0 Å². The molecule has 3 heterocycles. The van der Waals surface area contributed by atoms with Crippen LogP contribution in [-0.4, -0.2) is 47.7 Å². The molecular weight excluding hydrogens is 314 g/mol. The van der Waals surface area contributed by atoms with Crippen molar-refractivity contribution >= 4 is 28.9 Å². The molecule has 0 spiro atoms. The summed E-state index contributed by atoms with van der Waals surface area (Å²) in [4.78, 5) is 39.1. The molecule has 0 bridgehead atoms. The summed E-state index contributed by atoms with van der Waals surface area (Å²) in [7, 11) is 1.72. The average molecular weight is 329 g/mol. The monoisotopic (exact) mass is 329 g/mol. The number of hydrogen-bond acceptors (Lipinski definition) is 7. The van der Waals surface area contributed by atoms with Crippen molar-refractivity contribution < 1.29 is 14.3 Å². The standard InChI is InChI=1S/C14H15N7O3/c1-7-9(4-19-21(7)3)14(23)24-8(2)13(22)20-12-10-11(16-5-15-10)17-6-18-12/h4-6,8H,1-3H3,(H2,15,16,17,18,20,22)/t8-/m0/s1. The summed E-state index contributed by atoms with van der Waals surface area (Å²) in [5.41, 5.74) is 1.89. The van der Waals surface area contributed by atoms with Crippen LogP contribution in [0.4, 0.5) is 5.82 Å². The normalized spacial score (nSPS) is 12.1. The van der Waals surface area contributed by atoms with Crippen LogP contribution in [-0.2, 0) is 16.6 Å². The Balaban J connectivity index is 1.70. The molecule has 24 heavy (non-hydrogen) atoms. The number of amides is 1. The summed E-state index contributed by atoms with van der Waals surface area (Å²) in [6.07, 6.45) is 3.13. The van der Waals surface area contributed by atoms with Crippen LogP contribution in [0.3, 0.4) is 0 Å². The van der Waals surface area contributed by atoms with Crippen LogP contribution in [0.5, 0.6) is 0 Å². The van der Waals surface area contributed by atoms with E-state index in [1.54, 1.807) is 18.7 Å². The van der Waals surface area contributed by atoms with Crippen molar-refractivity contribution in [1.82, 2.24) is 29.7 Å². The van der Waals surface area contributed by atoms with E-state index in [1.807, 2.05) is 0 Å². The van der Waals surface area contributed by atoms with E-state index in [-0.39, 0.29) is 5.82 Å². The fraction of sp³-hybridized carbons (Fsp3) is 0.286. The van der Waals surface area contributed by atoms with Crippen LogP contribution in [0.25, 0.3) is 11.2 Å². The number of hydrogen-bond donors (Lipinski definition) is 2. The van der Waals surface area contributed by atoms with Crippen molar-refractivity contribution in [3.05, 3.63) is 30.1 Å². The van der Waals surface area contributed by atoms with Gasteiger partial charge >= 0.3 is 5.97 Å². The molecule has 2 N–H and O–H groups in total. The molecule has 0 unspecified atom stereocenters. The number of esters is 1. The minimum atomic E-state index is -1.01. The number of ether oxygens (including phenoxy) is 1. The first-order chi connectivity index (χ1) is 11.5. The Labute approximate surface area is 136 Å². The first-order valence-electron chi connectivity index (χ1n) is 7.12. The van der Waals surface area contributed by atoms with E-state index in [1.165, 1.54) is 25.8 Å². The highest BCUT2D eigenvalue weighted by Crippen LogP contribution is 2.15. The number of fused-ring (bicyclic) bond motifs is 1. The van der Waals surface area contributed by atoms with Crippen LogP contribution in [0.15, 0.2) is 18.9 Å². The third-order valence-corrected chi connectivity index (χ3v) is 3.57. The maximum Gasteiger partial charge on any atom is 0.342 e. The highest BCUT2D eigenvalue weighted by molar-refractivity contribution is 6.00. The summed E-state index contributed by atoms with van der Waals surface area (Å²) < 4.78 is 6.74. The lowest BCUT2D eigenvalue weighted by Crippen LogP contribution is -2.30. The highest BCUT2D eigenvalue weighted by Gasteiger charge is 2.22. The number of anilines is 1. The molecule has 3 aromatic rings. The van der Waals surface area contributed by atoms with Gasteiger partial charge in [-0.3, -0.25) is 9.48 Å². The molecule has 0 saturated carbocycles. The lowest BCUT2D eigenvalue weighted by Gasteiger charge is -2.13. The maximum absolute atomic E-state index is 12.2. The predicted molar refractivity (Wildman–Crippen MR) is 83.1 cm³/mol. The average Bonchev–Trinajstić information content (AvgIpc) is 3.15. The van der Waals surface area contributed by atoms with E-state index in [0.29, 0.717) is 22.4 Å². The van der Waals surface area contributed by atoms with Gasteiger partial charge in [0, 0.05) is 12.7 Å². The molecule has 0 fully saturated rings. The van der Waals surface area contributed by atoms with Crippen molar-refractivity contribution in [2.24, 2.45) is 7.05 Å². The van der Waals surface area contributed by atoms with Crippen molar-refractivity contribution in [2.75, 3.05) is 5.32 Å². The Kier molecular flexibility index (Phi) is 3.94. The molecule has 124 valence electrons. The Bertz CT molecular complexity index is 914. The number of aromatic nitrogens is 6. The number of carbonyl (C=O) groups is 2. The summed E-state index contributed by atoms with van der Waals surface area (Å²) in [5, 5.41) is 6.56. The number of aryl methyl sites for hydroxylation is 1. The minimum Gasteiger partial charge on any atom is -0.449 e.